The van der Waals surface area contributed by atoms with Crippen molar-refractivity contribution in [3.63, 3.8) is 0 Å². The Balaban J connectivity index is 3.31. The van der Waals surface area contributed by atoms with Crippen LogP contribution in [0.4, 0.5) is 0 Å². The van der Waals surface area contributed by atoms with Gasteiger partial charge in [0.2, 0.25) is 0 Å². The molecule has 0 aliphatic rings. The first kappa shape index (κ1) is 23.4. The summed E-state index contributed by atoms with van der Waals surface area (Å²) in [5, 5.41) is 0. The zero-order valence-corrected chi connectivity index (χ0v) is 17.8. The van der Waals surface area contributed by atoms with Crippen molar-refractivity contribution >= 4 is 7.92 Å². The Labute approximate surface area is 150 Å². The van der Waals surface area contributed by atoms with E-state index in [2.05, 4.69) is 20.8 Å². The van der Waals surface area contributed by atoms with Crippen LogP contribution < -0.4 is 0 Å². The molecular formula is C22H47P. The van der Waals surface area contributed by atoms with Gasteiger partial charge in [-0.2, -0.15) is 0 Å². The highest BCUT2D eigenvalue weighted by Gasteiger charge is 2.06. The molecule has 0 fully saturated rings. The fourth-order valence-electron chi connectivity index (χ4n) is 3.28. The molecule has 0 saturated heterocycles. The van der Waals surface area contributed by atoms with Gasteiger partial charge in [0.1, 0.15) is 0 Å². The quantitative estimate of drug-likeness (QED) is 0.162. The summed E-state index contributed by atoms with van der Waals surface area (Å²) in [5.74, 6) is 0. The number of hydrogen-bond acceptors (Lipinski definition) is 0. The van der Waals surface area contributed by atoms with E-state index in [-0.39, 0.29) is 0 Å². The summed E-state index contributed by atoms with van der Waals surface area (Å²) < 4.78 is 0. The van der Waals surface area contributed by atoms with Crippen molar-refractivity contribution in [1.82, 2.24) is 0 Å². The summed E-state index contributed by atoms with van der Waals surface area (Å²) in [4.78, 5) is 0. The lowest BCUT2D eigenvalue weighted by Gasteiger charge is -2.17. The minimum absolute atomic E-state index is 0.390. The van der Waals surface area contributed by atoms with Crippen LogP contribution in [0.3, 0.4) is 0 Å². The molecule has 140 valence electrons. The van der Waals surface area contributed by atoms with Crippen molar-refractivity contribution in [2.75, 3.05) is 18.5 Å². The molecule has 0 saturated carbocycles. The normalized spacial score (nSPS) is 11.5. The lowest BCUT2D eigenvalue weighted by molar-refractivity contribution is 0.548. The van der Waals surface area contributed by atoms with Crippen molar-refractivity contribution in [2.45, 2.75) is 124 Å². The summed E-state index contributed by atoms with van der Waals surface area (Å²) in [6.45, 7) is 6.99. The van der Waals surface area contributed by atoms with E-state index in [1.807, 2.05) is 0 Å². The molecular weight excluding hydrogens is 295 g/mol. The highest BCUT2D eigenvalue weighted by Crippen LogP contribution is 2.38. The maximum absolute atomic E-state index is 2.34. The molecule has 0 N–H and O–H groups in total. The molecule has 0 spiro atoms. The second kappa shape index (κ2) is 20.5. The molecule has 0 bridgehead atoms. The van der Waals surface area contributed by atoms with Crippen molar-refractivity contribution < 1.29 is 0 Å². The van der Waals surface area contributed by atoms with E-state index in [1.54, 1.807) is 18.5 Å². The first-order valence-electron chi connectivity index (χ1n) is 11.1. The van der Waals surface area contributed by atoms with Gasteiger partial charge >= 0.3 is 0 Å². The van der Waals surface area contributed by atoms with Gasteiger partial charge in [0.05, 0.1) is 0 Å². The highest BCUT2D eigenvalue weighted by molar-refractivity contribution is 7.57. The van der Waals surface area contributed by atoms with E-state index in [0.29, 0.717) is 7.92 Å². The van der Waals surface area contributed by atoms with E-state index in [9.17, 15) is 0 Å². The van der Waals surface area contributed by atoms with Gasteiger partial charge in [-0.05, 0) is 37.7 Å². The molecule has 0 aliphatic carbocycles. The third-order valence-corrected chi connectivity index (χ3v) is 7.83. The molecule has 1 heteroatoms. The maximum atomic E-state index is 2.34. The van der Waals surface area contributed by atoms with Crippen molar-refractivity contribution in [3.8, 4) is 0 Å². The summed E-state index contributed by atoms with van der Waals surface area (Å²) in [5.41, 5.74) is 0. The average molecular weight is 343 g/mol. The molecule has 0 nitrogen and oxygen atoms in total. The molecule has 0 aromatic rings. The monoisotopic (exact) mass is 342 g/mol. The molecule has 0 heterocycles. The van der Waals surface area contributed by atoms with Crippen LogP contribution in [0.5, 0.6) is 0 Å². The van der Waals surface area contributed by atoms with Gasteiger partial charge in [0.25, 0.3) is 0 Å². The topological polar surface area (TPSA) is 0 Å². The Morgan fingerprint density at radius 2 is 0.652 bits per heavy atom. The SMILES string of the molecule is CCCCCCCCCCCCCCP(CCCC)CCCC. The zero-order valence-electron chi connectivity index (χ0n) is 16.9. The standard InChI is InChI=1S/C22H47P/c1-4-7-10-11-12-13-14-15-16-17-18-19-22-23(20-8-5-2)21-9-6-3/h4-22H2,1-3H3. The molecule has 0 atom stereocenters. The molecule has 0 rings (SSSR count). The summed E-state index contributed by atoms with van der Waals surface area (Å²) in [6.07, 6.45) is 28.2. The van der Waals surface area contributed by atoms with Crippen LogP contribution in [-0.2, 0) is 0 Å². The number of rotatable bonds is 19. The molecule has 0 radical (unpaired) electrons. The van der Waals surface area contributed by atoms with Crippen LogP contribution in [0.25, 0.3) is 0 Å². The molecule has 0 aromatic heterocycles. The van der Waals surface area contributed by atoms with E-state index in [1.165, 1.54) is 103 Å². The first-order chi connectivity index (χ1) is 11.3. The largest absolute Gasteiger partial charge is 0.107 e. The molecule has 0 unspecified atom stereocenters. The third kappa shape index (κ3) is 18.6. The van der Waals surface area contributed by atoms with Gasteiger partial charge in [-0.1, -0.05) is 104 Å². The predicted octanol–water partition coefficient (Wildman–Crippen LogP) is 8.77. The molecule has 23 heavy (non-hydrogen) atoms. The lowest BCUT2D eigenvalue weighted by Crippen LogP contribution is -1.96. The molecule has 0 amide bonds. The van der Waals surface area contributed by atoms with E-state index in [4.69, 9.17) is 0 Å². The molecule has 0 aromatic carbocycles. The van der Waals surface area contributed by atoms with E-state index >= 15 is 0 Å². The third-order valence-electron chi connectivity index (χ3n) is 4.98. The Bertz CT molecular complexity index is 194. The first-order valence-corrected chi connectivity index (χ1v) is 13.0. The Morgan fingerprint density at radius 1 is 0.348 bits per heavy atom. The minimum Gasteiger partial charge on any atom is -0.107 e. The Kier molecular flexibility index (Phi) is 20.9. The highest BCUT2D eigenvalue weighted by atomic mass is 31.1. The molecule has 0 aliphatic heterocycles. The lowest BCUT2D eigenvalue weighted by atomic mass is 10.1. The van der Waals surface area contributed by atoms with Crippen LogP contribution >= 0.6 is 7.92 Å². The van der Waals surface area contributed by atoms with Crippen LogP contribution in [0, 0.1) is 0 Å². The van der Waals surface area contributed by atoms with E-state index in [0.717, 1.165) is 0 Å². The fourth-order valence-corrected chi connectivity index (χ4v) is 6.14. The minimum atomic E-state index is 0.390. The van der Waals surface area contributed by atoms with Gasteiger partial charge in [0.15, 0.2) is 0 Å². The van der Waals surface area contributed by atoms with Gasteiger partial charge in [-0.15, -0.1) is 7.92 Å². The van der Waals surface area contributed by atoms with Crippen LogP contribution in [0.2, 0.25) is 0 Å². The predicted molar refractivity (Wildman–Crippen MR) is 112 cm³/mol. The van der Waals surface area contributed by atoms with Crippen LogP contribution in [0.15, 0.2) is 0 Å². The van der Waals surface area contributed by atoms with Crippen molar-refractivity contribution in [2.24, 2.45) is 0 Å². The Morgan fingerprint density at radius 3 is 1.04 bits per heavy atom. The number of unbranched alkanes of at least 4 members (excludes halogenated alkanes) is 13. The van der Waals surface area contributed by atoms with Gasteiger partial charge in [0, 0.05) is 0 Å². The number of hydrogen-bond donors (Lipinski definition) is 0. The zero-order chi connectivity index (χ0) is 17.0. The van der Waals surface area contributed by atoms with Crippen LogP contribution in [0.1, 0.15) is 124 Å². The fraction of sp³-hybridized carbons (Fsp3) is 1.00. The summed E-state index contributed by atoms with van der Waals surface area (Å²) in [6, 6.07) is 0. The van der Waals surface area contributed by atoms with Gasteiger partial charge in [-0.25, -0.2) is 0 Å². The van der Waals surface area contributed by atoms with Crippen LogP contribution in [-0.4, -0.2) is 18.5 Å². The second-order valence-electron chi connectivity index (χ2n) is 7.44. The Hall–Kier alpha value is 0.430. The van der Waals surface area contributed by atoms with Gasteiger partial charge in [-0.3, -0.25) is 0 Å². The second-order valence-corrected chi connectivity index (χ2v) is 10.1. The van der Waals surface area contributed by atoms with E-state index < -0.39 is 0 Å². The average Bonchev–Trinajstić information content (AvgIpc) is 2.57. The smallest absolute Gasteiger partial charge is 0.0326 e. The summed E-state index contributed by atoms with van der Waals surface area (Å²) >= 11 is 0. The van der Waals surface area contributed by atoms with Gasteiger partial charge < -0.3 is 0 Å². The van der Waals surface area contributed by atoms with Crippen molar-refractivity contribution in [3.05, 3.63) is 0 Å². The summed E-state index contributed by atoms with van der Waals surface area (Å²) in [7, 11) is 0.390. The maximum Gasteiger partial charge on any atom is -0.0326 e. The van der Waals surface area contributed by atoms with Crippen molar-refractivity contribution in [1.29, 1.82) is 0 Å².